The maximum Gasteiger partial charge on any atom is 0.0383 e. The summed E-state index contributed by atoms with van der Waals surface area (Å²) in [6, 6.07) is 0.409. The lowest BCUT2D eigenvalue weighted by molar-refractivity contribution is 0.460. The topological polar surface area (TPSA) is 29.1 Å². The molecule has 3 heteroatoms. The average Bonchev–Trinajstić information content (AvgIpc) is 2.51. The second-order valence-electron chi connectivity index (χ2n) is 4.20. The fourth-order valence-corrected chi connectivity index (χ4v) is 2.82. The van der Waals surface area contributed by atoms with Crippen molar-refractivity contribution in [3.05, 3.63) is 0 Å². The molecule has 0 bridgehead atoms. The van der Waals surface area contributed by atoms with E-state index in [1.807, 2.05) is 0 Å². The molecule has 0 amide bonds. The predicted octanol–water partition coefficient (Wildman–Crippen LogP) is 1.53. The van der Waals surface area contributed by atoms with Gasteiger partial charge in [0.1, 0.15) is 0 Å². The smallest absolute Gasteiger partial charge is 0.0383 e. The Balaban J connectivity index is 2.06. The summed E-state index contributed by atoms with van der Waals surface area (Å²) in [6.07, 6.45) is 7.35. The highest BCUT2D eigenvalue weighted by molar-refractivity contribution is 7.84. The lowest BCUT2D eigenvalue weighted by Gasteiger charge is -2.15. The van der Waals surface area contributed by atoms with E-state index in [1.165, 1.54) is 25.7 Å². The van der Waals surface area contributed by atoms with Gasteiger partial charge in [-0.3, -0.25) is 4.21 Å². The second kappa shape index (κ2) is 5.76. The molecule has 2 nitrogen and oxygen atoms in total. The van der Waals surface area contributed by atoms with Crippen LogP contribution in [0.25, 0.3) is 0 Å². The zero-order valence-electron chi connectivity index (χ0n) is 8.71. The minimum atomic E-state index is -0.661. The standard InChI is InChI=1S/C10H21NOS/c1-9(8-13(2)12)11-7-10-5-3-4-6-10/h9-11H,3-8H2,1-2H3. The Bertz CT molecular complexity index is 166. The molecule has 0 aliphatic heterocycles. The molecule has 13 heavy (non-hydrogen) atoms. The summed E-state index contributed by atoms with van der Waals surface area (Å²) in [5, 5.41) is 3.46. The van der Waals surface area contributed by atoms with Crippen molar-refractivity contribution >= 4 is 10.8 Å². The summed E-state index contributed by atoms with van der Waals surface area (Å²) < 4.78 is 10.9. The van der Waals surface area contributed by atoms with Gasteiger partial charge in [0.15, 0.2) is 0 Å². The molecular weight excluding hydrogens is 182 g/mol. The van der Waals surface area contributed by atoms with E-state index in [1.54, 1.807) is 6.26 Å². The van der Waals surface area contributed by atoms with Crippen molar-refractivity contribution in [3.63, 3.8) is 0 Å². The first-order valence-corrected chi connectivity index (χ1v) is 6.94. The molecule has 1 N–H and O–H groups in total. The highest BCUT2D eigenvalue weighted by Crippen LogP contribution is 2.23. The first-order chi connectivity index (χ1) is 6.18. The molecule has 0 radical (unpaired) electrons. The van der Waals surface area contributed by atoms with Crippen molar-refractivity contribution in [2.24, 2.45) is 5.92 Å². The summed E-state index contributed by atoms with van der Waals surface area (Å²) in [5.41, 5.74) is 0. The molecule has 1 aliphatic carbocycles. The van der Waals surface area contributed by atoms with E-state index in [9.17, 15) is 4.21 Å². The normalized spacial score (nSPS) is 23.2. The molecule has 0 heterocycles. The minimum Gasteiger partial charge on any atom is -0.313 e. The van der Waals surface area contributed by atoms with Gasteiger partial charge in [0.05, 0.1) is 0 Å². The Morgan fingerprint density at radius 1 is 1.46 bits per heavy atom. The van der Waals surface area contributed by atoms with Gasteiger partial charge in [-0.15, -0.1) is 0 Å². The molecule has 78 valence electrons. The lowest BCUT2D eigenvalue weighted by Crippen LogP contribution is -2.34. The van der Waals surface area contributed by atoms with Crippen LogP contribution < -0.4 is 5.32 Å². The van der Waals surface area contributed by atoms with Gasteiger partial charge < -0.3 is 5.32 Å². The van der Waals surface area contributed by atoms with Crippen LogP contribution in [0.1, 0.15) is 32.6 Å². The average molecular weight is 203 g/mol. The number of hydrogen-bond acceptors (Lipinski definition) is 2. The summed E-state index contributed by atoms with van der Waals surface area (Å²) in [7, 11) is -0.661. The Hall–Kier alpha value is 0.110. The summed E-state index contributed by atoms with van der Waals surface area (Å²) >= 11 is 0. The van der Waals surface area contributed by atoms with Crippen LogP contribution in [-0.4, -0.2) is 28.8 Å². The van der Waals surface area contributed by atoms with Gasteiger partial charge in [-0.05, 0) is 32.2 Å². The lowest BCUT2D eigenvalue weighted by atomic mass is 10.1. The van der Waals surface area contributed by atoms with Crippen LogP contribution >= 0.6 is 0 Å². The summed E-state index contributed by atoms with van der Waals surface area (Å²) in [6.45, 7) is 3.24. The first kappa shape index (κ1) is 11.2. The monoisotopic (exact) mass is 203 g/mol. The number of hydrogen-bond donors (Lipinski definition) is 1. The van der Waals surface area contributed by atoms with Crippen molar-refractivity contribution in [3.8, 4) is 0 Å². The Morgan fingerprint density at radius 2 is 2.08 bits per heavy atom. The van der Waals surface area contributed by atoms with Gasteiger partial charge in [0, 0.05) is 28.9 Å². The van der Waals surface area contributed by atoms with Crippen LogP contribution in [0.5, 0.6) is 0 Å². The molecule has 1 saturated carbocycles. The SMILES string of the molecule is CC(CS(C)=O)NCC1CCCC1. The summed E-state index contributed by atoms with van der Waals surface area (Å²) in [4.78, 5) is 0. The number of nitrogens with one attached hydrogen (secondary N) is 1. The Morgan fingerprint density at radius 3 is 2.62 bits per heavy atom. The van der Waals surface area contributed by atoms with Crippen LogP contribution in [0, 0.1) is 5.92 Å². The van der Waals surface area contributed by atoms with E-state index in [0.717, 1.165) is 18.2 Å². The van der Waals surface area contributed by atoms with Crippen molar-refractivity contribution in [1.82, 2.24) is 5.32 Å². The third kappa shape index (κ3) is 4.77. The maximum absolute atomic E-state index is 10.9. The van der Waals surface area contributed by atoms with Gasteiger partial charge in [0.2, 0.25) is 0 Å². The van der Waals surface area contributed by atoms with Crippen molar-refractivity contribution in [1.29, 1.82) is 0 Å². The quantitative estimate of drug-likeness (QED) is 0.734. The van der Waals surface area contributed by atoms with Gasteiger partial charge in [-0.2, -0.15) is 0 Å². The van der Waals surface area contributed by atoms with Crippen LogP contribution in [-0.2, 0) is 10.8 Å². The predicted molar refractivity (Wildman–Crippen MR) is 58.4 cm³/mol. The van der Waals surface area contributed by atoms with Crippen molar-refractivity contribution in [2.45, 2.75) is 38.6 Å². The highest BCUT2D eigenvalue weighted by Gasteiger charge is 2.15. The van der Waals surface area contributed by atoms with E-state index < -0.39 is 10.8 Å². The fraction of sp³-hybridized carbons (Fsp3) is 1.00. The largest absolute Gasteiger partial charge is 0.313 e. The molecule has 0 saturated heterocycles. The highest BCUT2D eigenvalue weighted by atomic mass is 32.2. The molecule has 0 aromatic rings. The van der Waals surface area contributed by atoms with Gasteiger partial charge >= 0.3 is 0 Å². The van der Waals surface area contributed by atoms with Crippen molar-refractivity contribution in [2.75, 3.05) is 18.6 Å². The molecule has 1 rings (SSSR count). The Kier molecular flexibility index (Phi) is 4.96. The zero-order chi connectivity index (χ0) is 9.68. The molecule has 2 atom stereocenters. The van der Waals surface area contributed by atoms with E-state index in [-0.39, 0.29) is 0 Å². The fourth-order valence-electron chi connectivity index (χ4n) is 1.99. The maximum atomic E-state index is 10.9. The van der Waals surface area contributed by atoms with Crippen LogP contribution in [0.15, 0.2) is 0 Å². The molecule has 0 spiro atoms. The Labute approximate surface area is 83.9 Å². The summed E-state index contributed by atoms with van der Waals surface area (Å²) in [5.74, 6) is 1.67. The van der Waals surface area contributed by atoms with Crippen LogP contribution in [0.4, 0.5) is 0 Å². The van der Waals surface area contributed by atoms with Crippen molar-refractivity contribution < 1.29 is 4.21 Å². The number of rotatable bonds is 5. The molecule has 1 fully saturated rings. The van der Waals surface area contributed by atoms with Crippen LogP contribution in [0.2, 0.25) is 0 Å². The minimum absolute atomic E-state index is 0.409. The van der Waals surface area contributed by atoms with E-state index in [2.05, 4.69) is 12.2 Å². The molecular formula is C10H21NOS. The second-order valence-corrected chi connectivity index (χ2v) is 5.68. The van der Waals surface area contributed by atoms with Gasteiger partial charge in [-0.25, -0.2) is 0 Å². The third-order valence-electron chi connectivity index (χ3n) is 2.71. The van der Waals surface area contributed by atoms with E-state index in [0.29, 0.717) is 6.04 Å². The zero-order valence-corrected chi connectivity index (χ0v) is 9.53. The molecule has 0 aromatic heterocycles. The first-order valence-electron chi connectivity index (χ1n) is 5.22. The molecule has 1 aliphatic rings. The van der Waals surface area contributed by atoms with Gasteiger partial charge in [0.25, 0.3) is 0 Å². The molecule has 0 aromatic carbocycles. The van der Waals surface area contributed by atoms with Gasteiger partial charge in [-0.1, -0.05) is 12.8 Å². The third-order valence-corrected chi connectivity index (χ3v) is 3.68. The van der Waals surface area contributed by atoms with E-state index in [4.69, 9.17) is 0 Å². The van der Waals surface area contributed by atoms with Crippen LogP contribution in [0.3, 0.4) is 0 Å². The molecule has 2 unspecified atom stereocenters. The van der Waals surface area contributed by atoms with E-state index >= 15 is 0 Å².